The average Bonchev–Trinajstić information content (AvgIpc) is 2.85. The van der Waals surface area contributed by atoms with Crippen molar-refractivity contribution < 1.29 is 30.0 Å². The van der Waals surface area contributed by atoms with Crippen LogP contribution in [0.2, 0.25) is 0 Å². The van der Waals surface area contributed by atoms with Gasteiger partial charge in [-0.05, 0) is 83.9 Å². The van der Waals surface area contributed by atoms with E-state index in [1.165, 1.54) is 48.5 Å². The van der Waals surface area contributed by atoms with Gasteiger partial charge in [-0.15, -0.1) is 0 Å². The number of carboxylic acid groups (broad SMARTS) is 2. The number of pyridine rings is 2. The Kier molecular flexibility index (Phi) is 9.99. The van der Waals surface area contributed by atoms with E-state index >= 15 is 0 Å². The van der Waals surface area contributed by atoms with Gasteiger partial charge in [0, 0.05) is 24.8 Å². The van der Waals surface area contributed by atoms with E-state index in [4.69, 9.17) is 20.4 Å². The van der Waals surface area contributed by atoms with E-state index in [0.717, 1.165) is 11.1 Å². The largest absolute Gasteiger partial charge is 0.508 e. The average molecular weight is 458 g/mol. The molecule has 4 aromatic rings. The van der Waals surface area contributed by atoms with Crippen LogP contribution in [0.1, 0.15) is 31.8 Å². The zero-order valence-corrected chi connectivity index (χ0v) is 17.9. The van der Waals surface area contributed by atoms with Gasteiger partial charge in [0.2, 0.25) is 0 Å². The molecule has 2 aromatic carbocycles. The fourth-order valence-corrected chi connectivity index (χ4v) is 2.35. The van der Waals surface area contributed by atoms with E-state index in [0.29, 0.717) is 0 Å². The van der Waals surface area contributed by atoms with Crippen molar-refractivity contribution in [1.29, 1.82) is 0 Å². The Hall–Kier alpha value is -4.98. The van der Waals surface area contributed by atoms with E-state index in [-0.39, 0.29) is 22.6 Å². The molecule has 0 fully saturated rings. The van der Waals surface area contributed by atoms with Crippen molar-refractivity contribution in [3.05, 3.63) is 120 Å². The third-order valence-corrected chi connectivity index (χ3v) is 4.11. The summed E-state index contributed by atoms with van der Waals surface area (Å²) >= 11 is 0. The van der Waals surface area contributed by atoms with Crippen LogP contribution in [0.15, 0.2) is 97.6 Å². The number of aromatic nitrogens is 2. The van der Waals surface area contributed by atoms with Crippen LogP contribution in [0.25, 0.3) is 12.2 Å². The number of benzene rings is 2. The van der Waals surface area contributed by atoms with Crippen LogP contribution >= 0.6 is 0 Å². The summed E-state index contributed by atoms with van der Waals surface area (Å²) in [5.74, 6) is -1.82. The molecular formula is C26H22N2O6. The van der Waals surface area contributed by atoms with Gasteiger partial charge in [-0.25, -0.2) is 9.59 Å². The molecule has 0 saturated heterocycles. The zero-order valence-electron chi connectivity index (χ0n) is 17.9. The SMILES string of the molecule is C(=C\c1ccncc1)/c1ccncc1.O=C(O)c1ccc(O)cc1.O=C(O)c1ccc(O)cc1. The highest BCUT2D eigenvalue weighted by atomic mass is 16.4. The minimum atomic E-state index is -0.986. The van der Waals surface area contributed by atoms with Crippen molar-refractivity contribution >= 4 is 24.1 Å². The Morgan fingerprint density at radius 2 is 0.824 bits per heavy atom. The monoisotopic (exact) mass is 458 g/mol. The van der Waals surface area contributed by atoms with Crippen LogP contribution in [0.4, 0.5) is 0 Å². The van der Waals surface area contributed by atoms with Crippen LogP contribution in [0.3, 0.4) is 0 Å². The van der Waals surface area contributed by atoms with Crippen molar-refractivity contribution in [2.45, 2.75) is 0 Å². The molecule has 34 heavy (non-hydrogen) atoms. The molecule has 0 amide bonds. The number of aromatic hydroxyl groups is 2. The van der Waals surface area contributed by atoms with Gasteiger partial charge in [-0.1, -0.05) is 12.2 Å². The lowest BCUT2D eigenvalue weighted by molar-refractivity contribution is 0.0686. The lowest BCUT2D eigenvalue weighted by atomic mass is 10.2. The quantitative estimate of drug-likeness (QED) is 0.341. The second-order valence-electron chi connectivity index (χ2n) is 6.60. The highest BCUT2D eigenvalue weighted by molar-refractivity contribution is 5.88. The van der Waals surface area contributed by atoms with E-state index in [1.54, 1.807) is 24.8 Å². The van der Waals surface area contributed by atoms with E-state index in [9.17, 15) is 9.59 Å². The summed E-state index contributed by atoms with van der Waals surface area (Å²) in [6.45, 7) is 0. The predicted molar refractivity (Wildman–Crippen MR) is 128 cm³/mol. The van der Waals surface area contributed by atoms with Crippen molar-refractivity contribution in [2.75, 3.05) is 0 Å². The van der Waals surface area contributed by atoms with Gasteiger partial charge >= 0.3 is 11.9 Å². The molecule has 8 heteroatoms. The second-order valence-corrected chi connectivity index (χ2v) is 6.60. The Balaban J connectivity index is 0.000000185. The summed E-state index contributed by atoms with van der Waals surface area (Å²) in [6, 6.07) is 18.6. The van der Waals surface area contributed by atoms with Gasteiger partial charge in [0.25, 0.3) is 0 Å². The van der Waals surface area contributed by atoms with Gasteiger partial charge in [-0.3, -0.25) is 9.97 Å². The minimum Gasteiger partial charge on any atom is -0.508 e. The number of carbonyl (C=O) groups is 2. The van der Waals surface area contributed by atoms with Crippen molar-refractivity contribution in [3.63, 3.8) is 0 Å². The molecule has 0 radical (unpaired) electrons. The fourth-order valence-electron chi connectivity index (χ4n) is 2.35. The highest BCUT2D eigenvalue weighted by Crippen LogP contribution is 2.09. The number of rotatable bonds is 4. The molecule has 0 atom stereocenters. The second kappa shape index (κ2) is 13.4. The molecule has 2 heterocycles. The highest BCUT2D eigenvalue weighted by Gasteiger charge is 2.00. The van der Waals surface area contributed by atoms with Gasteiger partial charge in [0.1, 0.15) is 11.5 Å². The number of hydrogen-bond acceptors (Lipinski definition) is 6. The lowest BCUT2D eigenvalue weighted by Crippen LogP contribution is -1.93. The summed E-state index contributed by atoms with van der Waals surface area (Å²) < 4.78 is 0. The first-order valence-corrected chi connectivity index (χ1v) is 9.88. The van der Waals surface area contributed by atoms with Crippen LogP contribution in [0, 0.1) is 0 Å². The summed E-state index contributed by atoms with van der Waals surface area (Å²) in [5, 5.41) is 34.3. The summed E-state index contributed by atoms with van der Waals surface area (Å²) in [5.41, 5.74) is 2.66. The standard InChI is InChI=1S/C12H10N2.2C7H6O3/c1(11-3-7-13-8-4-11)2-12-5-9-14-10-6-12;2*8-6-3-1-5(2-4-6)7(9)10/h1-10H;2*1-4,8H,(H,9,10)/b2-1+;;. The molecule has 2 aromatic heterocycles. The Labute approximate surface area is 195 Å². The molecule has 0 unspecified atom stereocenters. The van der Waals surface area contributed by atoms with Gasteiger partial charge < -0.3 is 20.4 Å². The molecule has 0 aliphatic heterocycles. The van der Waals surface area contributed by atoms with E-state index < -0.39 is 11.9 Å². The smallest absolute Gasteiger partial charge is 0.335 e. The molecule has 0 aliphatic carbocycles. The summed E-state index contributed by atoms with van der Waals surface area (Å²) in [6.07, 6.45) is 11.2. The van der Waals surface area contributed by atoms with Crippen molar-refractivity contribution in [1.82, 2.24) is 9.97 Å². The molecule has 4 rings (SSSR count). The van der Waals surface area contributed by atoms with Crippen LogP contribution in [-0.2, 0) is 0 Å². The number of carboxylic acids is 2. The van der Waals surface area contributed by atoms with Crippen LogP contribution in [-0.4, -0.2) is 42.3 Å². The first kappa shape index (κ1) is 25.3. The molecular weight excluding hydrogens is 436 g/mol. The van der Waals surface area contributed by atoms with Gasteiger partial charge in [-0.2, -0.15) is 0 Å². The number of phenolic OH excluding ortho intramolecular Hbond substituents is 2. The minimum absolute atomic E-state index is 0.0741. The van der Waals surface area contributed by atoms with Gasteiger partial charge in [0.05, 0.1) is 11.1 Å². The molecule has 0 spiro atoms. The first-order valence-electron chi connectivity index (χ1n) is 9.88. The maximum absolute atomic E-state index is 10.2. The number of nitrogens with zero attached hydrogens (tertiary/aromatic N) is 2. The zero-order chi connectivity index (χ0) is 24.8. The Morgan fingerprint density at radius 1 is 0.529 bits per heavy atom. The molecule has 0 bridgehead atoms. The molecule has 4 N–H and O–H groups in total. The molecule has 0 saturated carbocycles. The number of phenols is 2. The van der Waals surface area contributed by atoms with Crippen LogP contribution in [0.5, 0.6) is 11.5 Å². The molecule has 172 valence electrons. The topological polar surface area (TPSA) is 141 Å². The van der Waals surface area contributed by atoms with Crippen LogP contribution < -0.4 is 0 Å². The van der Waals surface area contributed by atoms with Crippen molar-refractivity contribution in [3.8, 4) is 11.5 Å². The van der Waals surface area contributed by atoms with Gasteiger partial charge in [0.15, 0.2) is 0 Å². The maximum atomic E-state index is 10.2. The number of aromatic carboxylic acids is 2. The third-order valence-electron chi connectivity index (χ3n) is 4.11. The number of hydrogen-bond donors (Lipinski definition) is 4. The maximum Gasteiger partial charge on any atom is 0.335 e. The lowest BCUT2D eigenvalue weighted by Gasteiger charge is -1.92. The van der Waals surface area contributed by atoms with Crippen molar-refractivity contribution in [2.24, 2.45) is 0 Å². The summed E-state index contributed by atoms with van der Waals surface area (Å²) in [7, 11) is 0. The first-order chi connectivity index (χ1) is 16.3. The Bertz CT molecular complexity index is 1100. The van der Waals surface area contributed by atoms with E-state index in [1.807, 2.05) is 24.3 Å². The fraction of sp³-hybridized carbons (Fsp3) is 0. The predicted octanol–water partition coefficient (Wildman–Crippen LogP) is 4.83. The Morgan fingerprint density at radius 3 is 1.09 bits per heavy atom. The molecule has 0 aliphatic rings. The summed E-state index contributed by atoms with van der Waals surface area (Å²) in [4.78, 5) is 28.4. The molecule has 8 nitrogen and oxygen atoms in total. The normalized spacial score (nSPS) is 9.76. The van der Waals surface area contributed by atoms with E-state index in [2.05, 4.69) is 22.1 Å². The third kappa shape index (κ3) is 9.44.